The summed E-state index contributed by atoms with van der Waals surface area (Å²) in [7, 11) is 0. The molecule has 160 valence electrons. The molecular weight excluding hydrogens is 503 g/mol. The van der Waals surface area contributed by atoms with Crippen molar-refractivity contribution in [2.75, 3.05) is 13.2 Å². The van der Waals surface area contributed by atoms with Crippen LogP contribution in [0.3, 0.4) is 0 Å². The molecular formula is C22H23IO7. The smallest absolute Gasteiger partial charge is 0.338 e. The fourth-order valence-electron chi connectivity index (χ4n) is 2.98. The van der Waals surface area contributed by atoms with Gasteiger partial charge in [0.2, 0.25) is 6.29 Å². The molecule has 0 unspecified atom stereocenters. The predicted octanol–water partition coefficient (Wildman–Crippen LogP) is 2.54. The number of hydrogen-bond donors (Lipinski definition) is 2. The Bertz CT molecular complexity index is 827. The minimum absolute atomic E-state index is 0.117. The SMILES string of the molecule is C=CCO[C@@H]1[C@@H](O)[C@H](Oc2ccc(I)cc2)O[C@H](COC(=O)c2ccccc2)[C@H]1O. The lowest BCUT2D eigenvalue weighted by molar-refractivity contribution is -0.284. The first kappa shape index (κ1) is 22.7. The number of carbonyl (C=O) groups is 1. The van der Waals surface area contributed by atoms with Crippen LogP contribution in [0.1, 0.15) is 10.4 Å². The molecule has 1 aliphatic heterocycles. The fraction of sp³-hybridized carbons (Fsp3) is 0.318. The van der Waals surface area contributed by atoms with Crippen molar-refractivity contribution < 1.29 is 34.0 Å². The van der Waals surface area contributed by atoms with Crippen LogP contribution in [0.4, 0.5) is 0 Å². The second-order valence-electron chi connectivity index (χ2n) is 6.65. The van der Waals surface area contributed by atoms with Gasteiger partial charge in [0.05, 0.1) is 12.2 Å². The van der Waals surface area contributed by atoms with E-state index < -0.39 is 36.7 Å². The van der Waals surface area contributed by atoms with E-state index in [4.69, 9.17) is 18.9 Å². The summed E-state index contributed by atoms with van der Waals surface area (Å²) in [4.78, 5) is 12.2. The Labute approximate surface area is 188 Å². The third kappa shape index (κ3) is 5.79. The first-order valence-electron chi connectivity index (χ1n) is 9.38. The average Bonchev–Trinajstić information content (AvgIpc) is 2.76. The van der Waals surface area contributed by atoms with Crippen LogP contribution in [0.5, 0.6) is 5.75 Å². The summed E-state index contributed by atoms with van der Waals surface area (Å²) in [6.45, 7) is 3.46. The summed E-state index contributed by atoms with van der Waals surface area (Å²) >= 11 is 2.17. The summed E-state index contributed by atoms with van der Waals surface area (Å²) in [5, 5.41) is 21.3. The molecule has 8 heteroatoms. The first-order valence-corrected chi connectivity index (χ1v) is 10.5. The second kappa shape index (κ2) is 10.9. The number of ether oxygens (including phenoxy) is 4. The van der Waals surface area contributed by atoms with Crippen molar-refractivity contribution >= 4 is 28.6 Å². The van der Waals surface area contributed by atoms with Crippen LogP contribution in [0, 0.1) is 3.57 Å². The summed E-state index contributed by atoms with van der Waals surface area (Å²) in [5.41, 5.74) is 0.383. The average molecular weight is 526 g/mol. The van der Waals surface area contributed by atoms with Gasteiger partial charge in [0.15, 0.2) is 0 Å². The topological polar surface area (TPSA) is 94.5 Å². The highest BCUT2D eigenvalue weighted by molar-refractivity contribution is 14.1. The van der Waals surface area contributed by atoms with Crippen molar-refractivity contribution in [3.63, 3.8) is 0 Å². The minimum atomic E-state index is -1.26. The maximum Gasteiger partial charge on any atom is 0.338 e. The van der Waals surface area contributed by atoms with Gasteiger partial charge in [-0.05, 0) is 59.0 Å². The van der Waals surface area contributed by atoms with E-state index in [1.165, 1.54) is 6.08 Å². The molecule has 1 heterocycles. The fourth-order valence-corrected chi connectivity index (χ4v) is 3.34. The molecule has 1 saturated heterocycles. The largest absolute Gasteiger partial charge is 0.462 e. The molecule has 0 bridgehead atoms. The number of halogens is 1. The molecule has 2 N–H and O–H groups in total. The van der Waals surface area contributed by atoms with Crippen molar-refractivity contribution in [3.05, 3.63) is 76.4 Å². The number of rotatable bonds is 8. The van der Waals surface area contributed by atoms with E-state index in [0.29, 0.717) is 11.3 Å². The van der Waals surface area contributed by atoms with E-state index in [1.54, 1.807) is 42.5 Å². The Balaban J connectivity index is 1.71. The third-order valence-electron chi connectivity index (χ3n) is 4.50. The molecule has 5 atom stereocenters. The van der Waals surface area contributed by atoms with Gasteiger partial charge in [-0.2, -0.15) is 0 Å². The summed E-state index contributed by atoms with van der Waals surface area (Å²) in [5.74, 6) is -0.0606. The Morgan fingerprint density at radius 3 is 2.47 bits per heavy atom. The molecule has 0 amide bonds. The Kier molecular flexibility index (Phi) is 8.23. The zero-order valence-corrected chi connectivity index (χ0v) is 18.3. The normalized spacial score (nSPS) is 26.0. The van der Waals surface area contributed by atoms with Crippen LogP contribution in [-0.2, 0) is 14.2 Å². The molecule has 1 aliphatic rings. The van der Waals surface area contributed by atoms with E-state index in [1.807, 2.05) is 12.1 Å². The second-order valence-corrected chi connectivity index (χ2v) is 7.89. The Morgan fingerprint density at radius 1 is 1.10 bits per heavy atom. The Hall–Kier alpha value is -1.98. The molecule has 3 rings (SSSR count). The van der Waals surface area contributed by atoms with Gasteiger partial charge in [-0.25, -0.2) is 4.79 Å². The van der Waals surface area contributed by atoms with E-state index in [2.05, 4.69) is 29.2 Å². The number of hydrogen-bond acceptors (Lipinski definition) is 7. The molecule has 0 radical (unpaired) electrons. The van der Waals surface area contributed by atoms with Gasteiger partial charge in [0, 0.05) is 3.57 Å². The van der Waals surface area contributed by atoms with Crippen LogP contribution in [0.2, 0.25) is 0 Å². The van der Waals surface area contributed by atoms with Crippen molar-refractivity contribution in [1.82, 2.24) is 0 Å². The number of benzene rings is 2. The summed E-state index contributed by atoms with van der Waals surface area (Å²) < 4.78 is 23.4. The number of aliphatic hydroxyl groups excluding tert-OH is 2. The summed E-state index contributed by atoms with van der Waals surface area (Å²) in [6.07, 6.45) is -4.08. The van der Waals surface area contributed by atoms with E-state index >= 15 is 0 Å². The number of esters is 1. The van der Waals surface area contributed by atoms with Gasteiger partial charge >= 0.3 is 5.97 Å². The highest BCUT2D eigenvalue weighted by Crippen LogP contribution is 2.27. The molecule has 2 aromatic rings. The molecule has 7 nitrogen and oxygen atoms in total. The van der Waals surface area contributed by atoms with Crippen LogP contribution in [0.25, 0.3) is 0 Å². The highest BCUT2D eigenvalue weighted by Gasteiger charge is 2.47. The van der Waals surface area contributed by atoms with Crippen LogP contribution < -0.4 is 4.74 Å². The molecule has 0 saturated carbocycles. The van der Waals surface area contributed by atoms with Gasteiger partial charge in [0.1, 0.15) is 36.8 Å². The molecule has 2 aromatic carbocycles. The maximum atomic E-state index is 12.2. The molecule has 0 aliphatic carbocycles. The monoisotopic (exact) mass is 526 g/mol. The third-order valence-corrected chi connectivity index (χ3v) is 5.22. The van der Waals surface area contributed by atoms with E-state index in [-0.39, 0.29) is 13.2 Å². The van der Waals surface area contributed by atoms with Gasteiger partial charge < -0.3 is 29.2 Å². The predicted molar refractivity (Wildman–Crippen MR) is 117 cm³/mol. The Morgan fingerprint density at radius 2 is 1.80 bits per heavy atom. The van der Waals surface area contributed by atoms with Gasteiger partial charge in [-0.15, -0.1) is 6.58 Å². The van der Waals surface area contributed by atoms with Gasteiger partial charge in [-0.3, -0.25) is 0 Å². The summed E-state index contributed by atoms with van der Waals surface area (Å²) in [6, 6.07) is 15.7. The van der Waals surface area contributed by atoms with Crippen molar-refractivity contribution in [1.29, 1.82) is 0 Å². The zero-order valence-electron chi connectivity index (χ0n) is 16.1. The maximum absolute atomic E-state index is 12.2. The molecule has 0 spiro atoms. The van der Waals surface area contributed by atoms with Gasteiger partial charge in [0.25, 0.3) is 0 Å². The van der Waals surface area contributed by atoms with Crippen molar-refractivity contribution in [2.24, 2.45) is 0 Å². The van der Waals surface area contributed by atoms with Crippen LogP contribution in [-0.4, -0.2) is 60.1 Å². The lowest BCUT2D eigenvalue weighted by Crippen LogP contribution is -2.61. The van der Waals surface area contributed by atoms with E-state index in [0.717, 1.165) is 3.57 Å². The highest BCUT2D eigenvalue weighted by atomic mass is 127. The van der Waals surface area contributed by atoms with Crippen LogP contribution in [0.15, 0.2) is 67.3 Å². The standard InChI is InChI=1S/C22H23IO7/c1-2-12-27-20-18(24)17(13-28-21(26)14-6-4-3-5-7-14)30-22(19(20)25)29-16-10-8-15(23)9-11-16/h2-11,17-20,22,24-25H,1,12-13H2/t17-,18-,19-,20+,22-/m1/s1. The molecule has 30 heavy (non-hydrogen) atoms. The zero-order chi connectivity index (χ0) is 21.5. The molecule has 1 fully saturated rings. The van der Waals surface area contributed by atoms with Crippen molar-refractivity contribution in [2.45, 2.75) is 30.7 Å². The van der Waals surface area contributed by atoms with E-state index in [9.17, 15) is 15.0 Å². The quantitative estimate of drug-likeness (QED) is 0.310. The lowest BCUT2D eigenvalue weighted by atomic mass is 9.99. The molecule has 0 aromatic heterocycles. The lowest BCUT2D eigenvalue weighted by Gasteiger charge is -2.41. The van der Waals surface area contributed by atoms with Crippen molar-refractivity contribution in [3.8, 4) is 5.75 Å². The number of aliphatic hydroxyl groups is 2. The first-order chi connectivity index (χ1) is 14.5. The van der Waals surface area contributed by atoms with Gasteiger partial charge in [-0.1, -0.05) is 24.3 Å². The minimum Gasteiger partial charge on any atom is -0.462 e. The van der Waals surface area contributed by atoms with Crippen LogP contribution >= 0.6 is 22.6 Å². The number of carbonyl (C=O) groups excluding carboxylic acids is 1.